The van der Waals surface area contributed by atoms with Gasteiger partial charge in [-0.25, -0.2) is 9.97 Å². The number of aromatic nitrogens is 2. The molecule has 1 heterocycles. The minimum absolute atomic E-state index is 0.144. The highest BCUT2D eigenvalue weighted by Gasteiger charge is 2.20. The molecule has 122 valence electrons. The molecule has 0 aliphatic heterocycles. The van der Waals surface area contributed by atoms with E-state index in [1.165, 1.54) is 25.2 Å². The Morgan fingerprint density at radius 3 is 2.52 bits per heavy atom. The van der Waals surface area contributed by atoms with Crippen molar-refractivity contribution in [1.82, 2.24) is 15.3 Å². The van der Waals surface area contributed by atoms with Crippen LogP contribution < -0.4 is 10.6 Å². The quantitative estimate of drug-likeness (QED) is 0.725. The van der Waals surface area contributed by atoms with Crippen molar-refractivity contribution < 1.29 is 0 Å². The Kier molecular flexibility index (Phi) is 5.32. The molecule has 0 radical (unpaired) electrons. The number of nitrogens with zero attached hydrogens (tertiary/aromatic N) is 3. The maximum atomic E-state index is 8.78. The molecule has 1 aliphatic carbocycles. The first-order valence-electron chi connectivity index (χ1n) is 7.95. The van der Waals surface area contributed by atoms with Crippen molar-refractivity contribution in [3.63, 3.8) is 0 Å². The molecule has 1 aromatic rings. The van der Waals surface area contributed by atoms with Gasteiger partial charge in [-0.1, -0.05) is 12.8 Å². The molecule has 0 unspecified atom stereocenters. The fraction of sp³-hybridized carbons (Fsp3) is 0.529. The molecule has 1 aromatic heterocycles. The first-order chi connectivity index (χ1) is 10.9. The van der Waals surface area contributed by atoms with Crippen LogP contribution in [0.25, 0.3) is 0 Å². The molecular formula is C17H24N6. The summed E-state index contributed by atoms with van der Waals surface area (Å²) in [7, 11) is 0. The van der Waals surface area contributed by atoms with Gasteiger partial charge >= 0.3 is 0 Å². The molecule has 6 nitrogen and oxygen atoms in total. The van der Waals surface area contributed by atoms with Gasteiger partial charge in [-0.15, -0.1) is 0 Å². The highest BCUT2D eigenvalue weighted by molar-refractivity contribution is 5.95. The van der Waals surface area contributed by atoms with Crippen LogP contribution in [0.3, 0.4) is 0 Å². The Bertz CT molecular complexity index is 612. The summed E-state index contributed by atoms with van der Waals surface area (Å²) >= 11 is 0. The van der Waals surface area contributed by atoms with E-state index >= 15 is 0 Å². The highest BCUT2D eigenvalue weighted by Crippen LogP contribution is 2.26. The normalized spacial score (nSPS) is 16.0. The van der Waals surface area contributed by atoms with Gasteiger partial charge in [0.05, 0.1) is 12.4 Å². The molecular weight excluding hydrogens is 288 g/mol. The molecule has 0 aromatic carbocycles. The molecule has 6 heteroatoms. The second-order valence-electron chi connectivity index (χ2n) is 6.89. The molecule has 1 fully saturated rings. The van der Waals surface area contributed by atoms with Crippen LogP contribution in [0, 0.1) is 22.7 Å². The van der Waals surface area contributed by atoms with Gasteiger partial charge < -0.3 is 16.0 Å². The second kappa shape index (κ2) is 7.23. The summed E-state index contributed by atoms with van der Waals surface area (Å²) in [6.45, 7) is 6.19. The molecule has 1 aliphatic rings. The number of hydrogen-bond acceptors (Lipinski definition) is 6. The fourth-order valence-corrected chi connectivity index (χ4v) is 2.61. The molecule has 23 heavy (non-hydrogen) atoms. The third-order valence-corrected chi connectivity index (χ3v) is 3.63. The zero-order valence-electron chi connectivity index (χ0n) is 14.0. The SMILES string of the molecule is CC(C)(C)N/C(=C\C(=N)C1CCCC1)Nc1cnc(C#N)cn1. The summed E-state index contributed by atoms with van der Waals surface area (Å²) in [6, 6.07) is 1.95. The van der Waals surface area contributed by atoms with Crippen molar-refractivity contribution in [2.75, 3.05) is 5.32 Å². The molecule has 2 rings (SSSR count). The van der Waals surface area contributed by atoms with E-state index in [9.17, 15) is 0 Å². The van der Waals surface area contributed by atoms with Gasteiger partial charge in [-0.3, -0.25) is 0 Å². The van der Waals surface area contributed by atoms with E-state index in [1.54, 1.807) is 0 Å². The third kappa shape index (κ3) is 5.37. The molecule has 0 atom stereocenters. The molecule has 0 saturated heterocycles. The Labute approximate surface area is 137 Å². The summed E-state index contributed by atoms with van der Waals surface area (Å²) in [5.74, 6) is 1.63. The summed E-state index contributed by atoms with van der Waals surface area (Å²) in [5.41, 5.74) is 0.779. The van der Waals surface area contributed by atoms with E-state index in [0.29, 0.717) is 17.4 Å². The zero-order chi connectivity index (χ0) is 16.9. The van der Waals surface area contributed by atoms with Gasteiger partial charge in [0, 0.05) is 17.2 Å². The number of allylic oxidation sites excluding steroid dienone is 1. The lowest BCUT2D eigenvalue weighted by atomic mass is 10.0. The van der Waals surface area contributed by atoms with E-state index < -0.39 is 0 Å². The van der Waals surface area contributed by atoms with Gasteiger partial charge in [0.15, 0.2) is 5.69 Å². The van der Waals surface area contributed by atoms with E-state index in [-0.39, 0.29) is 11.2 Å². The summed E-state index contributed by atoms with van der Waals surface area (Å²) in [6.07, 6.45) is 9.40. The maximum absolute atomic E-state index is 8.78. The van der Waals surface area contributed by atoms with Crippen molar-refractivity contribution in [3.8, 4) is 6.07 Å². The summed E-state index contributed by atoms with van der Waals surface area (Å²) < 4.78 is 0. The molecule has 0 bridgehead atoms. The zero-order valence-corrected chi connectivity index (χ0v) is 14.0. The van der Waals surface area contributed by atoms with Crippen LogP contribution in [0.4, 0.5) is 5.82 Å². The van der Waals surface area contributed by atoms with Crippen LogP contribution >= 0.6 is 0 Å². The van der Waals surface area contributed by atoms with Gasteiger partial charge in [0.2, 0.25) is 0 Å². The van der Waals surface area contributed by atoms with Crippen LogP contribution in [0.15, 0.2) is 24.3 Å². The lowest BCUT2D eigenvalue weighted by molar-refractivity contribution is 0.475. The Morgan fingerprint density at radius 2 is 2.00 bits per heavy atom. The van der Waals surface area contributed by atoms with Crippen LogP contribution in [0.2, 0.25) is 0 Å². The Hall–Kier alpha value is -2.42. The monoisotopic (exact) mass is 312 g/mol. The average molecular weight is 312 g/mol. The standard InChI is InChI=1S/C17H24N6/c1-17(2,3)23-15(8-14(19)12-6-4-5-7-12)22-16-11-20-13(9-18)10-21-16/h8,10-12,19,23H,4-7H2,1-3H3,(H,21,22)/b15-8-,19-14?. The number of rotatable bonds is 5. The average Bonchev–Trinajstić information content (AvgIpc) is 3.00. The number of anilines is 1. The summed E-state index contributed by atoms with van der Waals surface area (Å²) in [4.78, 5) is 8.19. The number of hydrogen-bond donors (Lipinski definition) is 3. The second-order valence-corrected chi connectivity index (χ2v) is 6.89. The molecule has 1 saturated carbocycles. The summed E-state index contributed by atoms with van der Waals surface area (Å²) in [5, 5.41) is 23.6. The predicted octanol–water partition coefficient (Wildman–Crippen LogP) is 3.20. The van der Waals surface area contributed by atoms with Crippen LogP contribution in [0.1, 0.15) is 52.1 Å². The van der Waals surface area contributed by atoms with Crippen LogP contribution in [-0.4, -0.2) is 21.2 Å². The van der Waals surface area contributed by atoms with Crippen molar-refractivity contribution in [2.24, 2.45) is 5.92 Å². The van der Waals surface area contributed by atoms with Crippen LogP contribution in [-0.2, 0) is 0 Å². The van der Waals surface area contributed by atoms with Gasteiger partial charge in [0.1, 0.15) is 17.7 Å². The lowest BCUT2D eigenvalue weighted by Gasteiger charge is -2.25. The van der Waals surface area contributed by atoms with Crippen molar-refractivity contribution >= 4 is 11.5 Å². The smallest absolute Gasteiger partial charge is 0.158 e. The predicted molar refractivity (Wildman–Crippen MR) is 91.0 cm³/mol. The minimum atomic E-state index is -0.144. The minimum Gasteiger partial charge on any atom is -0.367 e. The first-order valence-corrected chi connectivity index (χ1v) is 7.95. The Balaban J connectivity index is 2.15. The highest BCUT2D eigenvalue weighted by atomic mass is 15.2. The van der Waals surface area contributed by atoms with Crippen LogP contribution in [0.5, 0.6) is 0 Å². The Morgan fingerprint density at radius 1 is 1.30 bits per heavy atom. The molecule has 0 amide bonds. The fourth-order valence-electron chi connectivity index (χ4n) is 2.61. The lowest BCUT2D eigenvalue weighted by Crippen LogP contribution is -2.38. The van der Waals surface area contributed by atoms with Gasteiger partial charge in [-0.05, 0) is 39.7 Å². The number of nitriles is 1. The topological polar surface area (TPSA) is 97.5 Å². The van der Waals surface area contributed by atoms with E-state index in [0.717, 1.165) is 18.7 Å². The van der Waals surface area contributed by atoms with Gasteiger partial charge in [0.25, 0.3) is 0 Å². The van der Waals surface area contributed by atoms with Crippen molar-refractivity contribution in [1.29, 1.82) is 10.7 Å². The largest absolute Gasteiger partial charge is 0.367 e. The first kappa shape index (κ1) is 16.9. The van der Waals surface area contributed by atoms with Crippen molar-refractivity contribution in [2.45, 2.75) is 52.0 Å². The third-order valence-electron chi connectivity index (χ3n) is 3.63. The molecule has 3 N–H and O–H groups in total. The number of nitrogens with one attached hydrogen (secondary N) is 3. The molecule has 0 spiro atoms. The van der Waals surface area contributed by atoms with Crippen molar-refractivity contribution in [3.05, 3.63) is 30.0 Å². The van der Waals surface area contributed by atoms with E-state index in [4.69, 9.17) is 10.7 Å². The van der Waals surface area contributed by atoms with E-state index in [2.05, 4.69) is 41.4 Å². The van der Waals surface area contributed by atoms with E-state index in [1.807, 2.05) is 12.1 Å². The van der Waals surface area contributed by atoms with Gasteiger partial charge in [-0.2, -0.15) is 5.26 Å². The maximum Gasteiger partial charge on any atom is 0.158 e.